The third-order valence-corrected chi connectivity index (χ3v) is 4.50. The molecule has 2 bridgehead atoms. The summed E-state index contributed by atoms with van der Waals surface area (Å²) in [5.74, 6) is 1.34. The van der Waals surface area contributed by atoms with Crippen LogP contribution in [0.5, 0.6) is 5.75 Å². The maximum Gasteiger partial charge on any atom is 0.251 e. The fourth-order valence-electron chi connectivity index (χ4n) is 3.39. The lowest BCUT2D eigenvalue weighted by Gasteiger charge is -2.24. The zero-order chi connectivity index (χ0) is 14.9. The summed E-state index contributed by atoms with van der Waals surface area (Å²) in [6.45, 7) is 1.68. The topological polar surface area (TPSA) is 62.8 Å². The number of nitrogens with one attached hydrogen (secondary N) is 2. The first-order chi connectivity index (χ1) is 10.8. The van der Waals surface area contributed by atoms with Gasteiger partial charge in [0.1, 0.15) is 6.26 Å². The molecule has 0 radical (unpaired) electrons. The highest BCUT2D eigenvalue weighted by atomic mass is 16.9. The fourth-order valence-corrected chi connectivity index (χ4v) is 3.39. The summed E-state index contributed by atoms with van der Waals surface area (Å²) in [7, 11) is 0. The molecule has 2 fully saturated rings. The van der Waals surface area contributed by atoms with Gasteiger partial charge in [0.25, 0.3) is 5.91 Å². The number of rotatable bonds is 4. The van der Waals surface area contributed by atoms with E-state index >= 15 is 0 Å². The lowest BCUT2D eigenvalue weighted by molar-refractivity contribution is -0.266. The first-order valence-electron chi connectivity index (χ1n) is 7.69. The maximum atomic E-state index is 12.3. The Morgan fingerprint density at radius 3 is 2.82 bits per heavy atom. The second kappa shape index (κ2) is 5.62. The minimum absolute atomic E-state index is 0.0232. The van der Waals surface area contributed by atoms with E-state index in [9.17, 15) is 4.79 Å². The van der Waals surface area contributed by atoms with E-state index in [1.54, 1.807) is 30.5 Å². The van der Waals surface area contributed by atoms with Crippen molar-refractivity contribution < 1.29 is 14.5 Å². The Labute approximate surface area is 129 Å². The molecule has 1 amide bonds. The molecule has 3 atom stereocenters. The molecule has 0 aromatic heterocycles. The molecular formula is C16H19N3O3. The van der Waals surface area contributed by atoms with Gasteiger partial charge in [0.05, 0.1) is 6.54 Å². The van der Waals surface area contributed by atoms with Crippen molar-refractivity contribution in [3.05, 3.63) is 42.2 Å². The molecule has 0 spiro atoms. The number of carbonyl (C=O) groups excluding carboxylic acids is 1. The van der Waals surface area contributed by atoms with Gasteiger partial charge in [-0.05, 0) is 55.6 Å². The van der Waals surface area contributed by atoms with Gasteiger partial charge in [-0.15, -0.1) is 0 Å². The van der Waals surface area contributed by atoms with Crippen LogP contribution in [-0.4, -0.2) is 36.3 Å². The van der Waals surface area contributed by atoms with Crippen LogP contribution in [0.15, 0.2) is 36.6 Å². The van der Waals surface area contributed by atoms with Crippen molar-refractivity contribution in [1.82, 2.24) is 15.9 Å². The summed E-state index contributed by atoms with van der Waals surface area (Å²) in [5, 5.41) is 7.96. The van der Waals surface area contributed by atoms with Gasteiger partial charge in [0.2, 0.25) is 0 Å². The summed E-state index contributed by atoms with van der Waals surface area (Å²) < 4.78 is 0. The minimum atomic E-state index is -0.0232. The lowest BCUT2D eigenvalue weighted by Crippen LogP contribution is -2.47. The summed E-state index contributed by atoms with van der Waals surface area (Å²) in [6.07, 6.45) is 5.70. The first kappa shape index (κ1) is 13.6. The smallest absolute Gasteiger partial charge is 0.251 e. The van der Waals surface area contributed by atoms with E-state index in [-0.39, 0.29) is 11.9 Å². The summed E-state index contributed by atoms with van der Waals surface area (Å²) >= 11 is 0. The molecule has 1 aromatic rings. The zero-order valence-corrected chi connectivity index (χ0v) is 12.2. The molecule has 3 unspecified atom stereocenters. The van der Waals surface area contributed by atoms with Crippen LogP contribution in [0.4, 0.5) is 0 Å². The highest BCUT2D eigenvalue weighted by molar-refractivity contribution is 5.94. The van der Waals surface area contributed by atoms with Crippen LogP contribution in [0.1, 0.15) is 23.2 Å². The Hall–Kier alpha value is -2.05. The largest absolute Gasteiger partial charge is 0.379 e. The molecule has 2 aliphatic heterocycles. The fraction of sp³-hybridized carbons (Fsp3) is 0.438. The number of hydrogen-bond acceptors (Lipinski definition) is 5. The minimum Gasteiger partial charge on any atom is -0.379 e. The predicted octanol–water partition coefficient (Wildman–Crippen LogP) is 1.22. The van der Waals surface area contributed by atoms with E-state index in [1.807, 2.05) is 6.08 Å². The number of piperidine rings is 1. The van der Waals surface area contributed by atoms with Crippen molar-refractivity contribution in [3.8, 4) is 5.75 Å². The van der Waals surface area contributed by atoms with Gasteiger partial charge >= 0.3 is 0 Å². The number of fused-ring (bicyclic) bond motifs is 2. The maximum absolute atomic E-state index is 12.3. The SMILES string of the molecule is O=C(NC1CC2CNC1C2)c1ccc(ON2CC=CO2)cc1. The van der Waals surface area contributed by atoms with Gasteiger partial charge in [0, 0.05) is 22.9 Å². The number of amides is 1. The second-order valence-electron chi connectivity index (χ2n) is 6.04. The molecule has 4 rings (SSSR count). The molecule has 1 aromatic carbocycles. The van der Waals surface area contributed by atoms with E-state index in [0.29, 0.717) is 23.9 Å². The van der Waals surface area contributed by atoms with Gasteiger partial charge < -0.3 is 20.3 Å². The molecule has 1 saturated heterocycles. The van der Waals surface area contributed by atoms with Crippen molar-refractivity contribution >= 4 is 5.91 Å². The van der Waals surface area contributed by atoms with Crippen LogP contribution in [0.2, 0.25) is 0 Å². The molecule has 1 saturated carbocycles. The summed E-state index contributed by atoms with van der Waals surface area (Å²) in [4.78, 5) is 22.9. The van der Waals surface area contributed by atoms with Gasteiger partial charge in [-0.3, -0.25) is 4.79 Å². The van der Waals surface area contributed by atoms with Crippen molar-refractivity contribution in [2.75, 3.05) is 13.1 Å². The molecule has 1 aliphatic carbocycles. The van der Waals surface area contributed by atoms with Crippen molar-refractivity contribution in [1.29, 1.82) is 0 Å². The summed E-state index contributed by atoms with van der Waals surface area (Å²) in [6, 6.07) is 7.79. The molecular weight excluding hydrogens is 282 g/mol. The van der Waals surface area contributed by atoms with Crippen molar-refractivity contribution in [2.24, 2.45) is 5.92 Å². The monoisotopic (exact) mass is 301 g/mol. The van der Waals surface area contributed by atoms with Crippen LogP contribution in [0.25, 0.3) is 0 Å². The third kappa shape index (κ3) is 2.67. The average Bonchev–Trinajstić information content (AvgIpc) is 3.25. The highest BCUT2D eigenvalue weighted by Crippen LogP contribution is 2.31. The van der Waals surface area contributed by atoms with E-state index in [0.717, 1.165) is 18.9 Å². The van der Waals surface area contributed by atoms with Crippen LogP contribution in [-0.2, 0) is 4.84 Å². The first-order valence-corrected chi connectivity index (χ1v) is 7.69. The number of benzene rings is 1. The van der Waals surface area contributed by atoms with Crippen LogP contribution in [0.3, 0.4) is 0 Å². The normalized spacial score (nSPS) is 29.5. The quantitative estimate of drug-likeness (QED) is 0.875. The number of hydrogen-bond donors (Lipinski definition) is 2. The Bertz CT molecular complexity index is 579. The van der Waals surface area contributed by atoms with Gasteiger partial charge in [-0.1, -0.05) is 0 Å². The standard InChI is InChI=1S/C16H19N3O3/c20-16(18-15-9-11-8-14(15)17-10-11)12-2-4-13(5-3-12)22-19-6-1-7-21-19/h1-5,7,11,14-15,17H,6,8-10H2,(H,18,20). The second-order valence-corrected chi connectivity index (χ2v) is 6.04. The van der Waals surface area contributed by atoms with Crippen molar-refractivity contribution in [2.45, 2.75) is 24.9 Å². The number of hydroxylamine groups is 2. The molecule has 2 N–H and O–H groups in total. The van der Waals surface area contributed by atoms with E-state index in [2.05, 4.69) is 10.6 Å². The van der Waals surface area contributed by atoms with Crippen LogP contribution in [0, 0.1) is 5.92 Å². The Morgan fingerprint density at radius 1 is 1.32 bits per heavy atom. The number of carbonyl (C=O) groups is 1. The Morgan fingerprint density at radius 2 is 2.18 bits per heavy atom. The molecule has 116 valence electrons. The predicted molar refractivity (Wildman–Crippen MR) is 79.8 cm³/mol. The molecule has 3 aliphatic rings. The molecule has 6 heteroatoms. The summed E-state index contributed by atoms with van der Waals surface area (Å²) in [5.41, 5.74) is 0.649. The molecule has 6 nitrogen and oxygen atoms in total. The van der Waals surface area contributed by atoms with E-state index in [1.165, 1.54) is 11.6 Å². The van der Waals surface area contributed by atoms with Crippen LogP contribution < -0.4 is 15.5 Å². The molecule has 2 heterocycles. The number of nitrogens with zero attached hydrogens (tertiary/aromatic N) is 1. The Balaban J connectivity index is 1.34. The van der Waals surface area contributed by atoms with Crippen molar-refractivity contribution in [3.63, 3.8) is 0 Å². The molecule has 22 heavy (non-hydrogen) atoms. The average molecular weight is 301 g/mol. The van der Waals surface area contributed by atoms with E-state index in [4.69, 9.17) is 9.68 Å². The zero-order valence-electron chi connectivity index (χ0n) is 12.2. The lowest BCUT2D eigenvalue weighted by atomic mass is 10.1. The van der Waals surface area contributed by atoms with Gasteiger partial charge in [0.15, 0.2) is 5.75 Å². The Kier molecular flexibility index (Phi) is 3.48. The van der Waals surface area contributed by atoms with Gasteiger partial charge in [-0.2, -0.15) is 0 Å². The van der Waals surface area contributed by atoms with E-state index < -0.39 is 0 Å². The highest BCUT2D eigenvalue weighted by Gasteiger charge is 2.39. The van der Waals surface area contributed by atoms with Gasteiger partial charge in [-0.25, -0.2) is 0 Å². The van der Waals surface area contributed by atoms with Crippen LogP contribution >= 0.6 is 0 Å². The third-order valence-electron chi connectivity index (χ3n) is 4.50.